The third-order valence-electron chi connectivity index (χ3n) is 3.38. The second kappa shape index (κ2) is 6.87. The molecular weight excluding hydrogens is 354 g/mol. The molecule has 9 heteroatoms. The van der Waals surface area contributed by atoms with Crippen molar-refractivity contribution in [3.63, 3.8) is 0 Å². The maximum Gasteiger partial charge on any atom is 0.573 e. The van der Waals surface area contributed by atoms with Crippen LogP contribution in [0.2, 0.25) is 0 Å². The van der Waals surface area contributed by atoms with Gasteiger partial charge in [0.25, 0.3) is 5.91 Å². The van der Waals surface area contributed by atoms with Gasteiger partial charge < -0.3 is 10.1 Å². The topological polar surface area (TPSA) is 67.0 Å². The normalized spacial score (nSPS) is 11.2. The largest absolute Gasteiger partial charge is 0.573 e. The number of amides is 1. The number of nitrogens with one attached hydrogen (secondary N) is 2. The Morgan fingerprint density at radius 2 is 1.85 bits per heavy atom. The van der Waals surface area contributed by atoms with Gasteiger partial charge in [0, 0.05) is 28.6 Å². The molecule has 2 aromatic carbocycles. The number of aromatic amines is 1. The number of H-pyrrole nitrogens is 1. The minimum Gasteiger partial charge on any atom is -0.406 e. The van der Waals surface area contributed by atoms with Gasteiger partial charge in [0.15, 0.2) is 0 Å². The lowest BCUT2D eigenvalue weighted by Crippen LogP contribution is -2.17. The van der Waals surface area contributed by atoms with Crippen molar-refractivity contribution in [2.75, 3.05) is 5.32 Å². The molecule has 5 nitrogen and oxygen atoms in total. The summed E-state index contributed by atoms with van der Waals surface area (Å²) in [6.07, 6.45) is -1.89. The van der Waals surface area contributed by atoms with Gasteiger partial charge in [0.1, 0.15) is 11.6 Å². The molecule has 2 N–H and O–H groups in total. The van der Waals surface area contributed by atoms with Gasteiger partial charge in [-0.25, -0.2) is 4.39 Å². The molecule has 0 aliphatic rings. The Kier molecular flexibility index (Phi) is 4.61. The lowest BCUT2D eigenvalue weighted by Gasteiger charge is -2.10. The average Bonchev–Trinajstić information content (AvgIpc) is 3.10. The van der Waals surface area contributed by atoms with Gasteiger partial charge in [-0.1, -0.05) is 0 Å². The number of carbonyl (C=O) groups is 1. The van der Waals surface area contributed by atoms with Crippen LogP contribution < -0.4 is 10.1 Å². The van der Waals surface area contributed by atoms with Gasteiger partial charge in [-0.05, 0) is 42.5 Å². The Morgan fingerprint density at radius 1 is 1.12 bits per heavy atom. The molecule has 1 aromatic heterocycles. The maximum absolute atomic E-state index is 13.9. The average molecular weight is 365 g/mol. The molecule has 0 unspecified atom stereocenters. The number of hydrogen-bond donors (Lipinski definition) is 2. The van der Waals surface area contributed by atoms with Crippen molar-refractivity contribution in [2.45, 2.75) is 6.36 Å². The molecule has 1 amide bonds. The van der Waals surface area contributed by atoms with Gasteiger partial charge in [0.2, 0.25) is 0 Å². The Hall–Kier alpha value is -3.36. The molecule has 0 fully saturated rings. The smallest absolute Gasteiger partial charge is 0.406 e. The van der Waals surface area contributed by atoms with Crippen LogP contribution in [0, 0.1) is 5.82 Å². The molecule has 0 saturated heterocycles. The van der Waals surface area contributed by atoms with Crippen molar-refractivity contribution in [3.05, 3.63) is 66.2 Å². The maximum atomic E-state index is 13.9. The van der Waals surface area contributed by atoms with Crippen LogP contribution in [0.5, 0.6) is 5.75 Å². The molecule has 0 spiro atoms. The summed E-state index contributed by atoms with van der Waals surface area (Å²) in [7, 11) is 0. The number of nitrogens with zero attached hydrogens (tertiary/aromatic N) is 1. The fourth-order valence-corrected chi connectivity index (χ4v) is 2.23. The molecule has 134 valence electrons. The Labute approximate surface area is 144 Å². The van der Waals surface area contributed by atoms with Gasteiger partial charge >= 0.3 is 6.36 Å². The summed E-state index contributed by atoms with van der Waals surface area (Å²) in [5, 5.41) is 8.81. The van der Waals surface area contributed by atoms with Crippen molar-refractivity contribution in [3.8, 4) is 16.9 Å². The monoisotopic (exact) mass is 365 g/mol. The lowest BCUT2D eigenvalue weighted by molar-refractivity contribution is -0.274. The standard InChI is InChI=1S/C17H11F4N3O2/c18-15-6-1-10(7-14(15)11-8-22-23-9-11)16(25)24-12-2-4-13(5-3-12)26-17(19,20)21/h1-9H,(H,22,23)(H,24,25). The first-order valence-electron chi connectivity index (χ1n) is 7.28. The van der Waals surface area contributed by atoms with Crippen molar-refractivity contribution in [2.24, 2.45) is 0 Å². The zero-order chi connectivity index (χ0) is 18.7. The van der Waals surface area contributed by atoms with Crippen LogP contribution in [0.4, 0.5) is 23.2 Å². The Bertz CT molecular complexity index is 907. The first kappa shape index (κ1) is 17.5. The number of ether oxygens (including phenoxy) is 1. The van der Waals surface area contributed by atoms with E-state index in [1.807, 2.05) is 0 Å². The molecular formula is C17H11F4N3O2. The highest BCUT2D eigenvalue weighted by atomic mass is 19.4. The molecule has 0 aliphatic heterocycles. The third kappa shape index (κ3) is 4.18. The summed E-state index contributed by atoms with van der Waals surface area (Å²) >= 11 is 0. The molecule has 0 atom stereocenters. The lowest BCUT2D eigenvalue weighted by atomic mass is 10.0. The van der Waals surface area contributed by atoms with Crippen LogP contribution in [0.25, 0.3) is 11.1 Å². The highest BCUT2D eigenvalue weighted by Gasteiger charge is 2.30. The molecule has 0 bridgehead atoms. The number of aromatic nitrogens is 2. The van der Waals surface area contributed by atoms with E-state index in [-0.39, 0.29) is 16.8 Å². The van der Waals surface area contributed by atoms with Crippen molar-refractivity contribution in [1.82, 2.24) is 10.2 Å². The van der Waals surface area contributed by atoms with Crippen molar-refractivity contribution >= 4 is 11.6 Å². The van der Waals surface area contributed by atoms with Crippen LogP contribution in [-0.4, -0.2) is 22.5 Å². The number of carbonyl (C=O) groups excluding carboxylic acids is 1. The van der Waals surface area contributed by atoms with E-state index in [4.69, 9.17) is 0 Å². The van der Waals surface area contributed by atoms with Crippen LogP contribution in [0.15, 0.2) is 54.9 Å². The highest BCUT2D eigenvalue weighted by Crippen LogP contribution is 2.25. The number of rotatable bonds is 4. The number of anilines is 1. The predicted molar refractivity (Wildman–Crippen MR) is 85.1 cm³/mol. The van der Waals surface area contributed by atoms with E-state index < -0.39 is 23.8 Å². The SMILES string of the molecule is O=C(Nc1ccc(OC(F)(F)F)cc1)c1ccc(F)c(-c2cn[nH]c2)c1. The van der Waals surface area contributed by atoms with Gasteiger partial charge in [-0.3, -0.25) is 9.89 Å². The fraction of sp³-hybridized carbons (Fsp3) is 0.0588. The number of benzene rings is 2. The summed E-state index contributed by atoms with van der Waals surface area (Å²) in [5.74, 6) is -1.46. The fourth-order valence-electron chi connectivity index (χ4n) is 2.23. The van der Waals surface area contributed by atoms with E-state index in [0.717, 1.165) is 18.2 Å². The van der Waals surface area contributed by atoms with E-state index in [1.165, 1.54) is 36.7 Å². The molecule has 1 heterocycles. The van der Waals surface area contributed by atoms with Crippen LogP contribution in [0.1, 0.15) is 10.4 Å². The van der Waals surface area contributed by atoms with E-state index in [1.54, 1.807) is 0 Å². The summed E-state index contributed by atoms with van der Waals surface area (Å²) in [6.45, 7) is 0. The molecule has 3 rings (SSSR count). The van der Waals surface area contributed by atoms with E-state index in [2.05, 4.69) is 20.3 Å². The minimum atomic E-state index is -4.79. The highest BCUT2D eigenvalue weighted by molar-refractivity contribution is 6.05. The Morgan fingerprint density at radius 3 is 2.46 bits per heavy atom. The first-order chi connectivity index (χ1) is 12.3. The zero-order valence-electron chi connectivity index (χ0n) is 13.0. The number of hydrogen-bond acceptors (Lipinski definition) is 3. The van der Waals surface area contributed by atoms with Crippen molar-refractivity contribution < 1.29 is 27.1 Å². The molecule has 0 aliphatic carbocycles. The van der Waals surface area contributed by atoms with Gasteiger partial charge in [-0.2, -0.15) is 5.10 Å². The third-order valence-corrected chi connectivity index (χ3v) is 3.38. The zero-order valence-corrected chi connectivity index (χ0v) is 13.0. The van der Waals surface area contributed by atoms with E-state index in [0.29, 0.717) is 5.56 Å². The predicted octanol–water partition coefficient (Wildman–Crippen LogP) is 4.37. The quantitative estimate of drug-likeness (QED) is 0.675. The van der Waals surface area contributed by atoms with Crippen LogP contribution in [-0.2, 0) is 0 Å². The summed E-state index contributed by atoms with van der Waals surface area (Å²) in [5.41, 5.74) is 1.11. The summed E-state index contributed by atoms with van der Waals surface area (Å²) in [6, 6.07) is 8.48. The van der Waals surface area contributed by atoms with E-state index >= 15 is 0 Å². The minimum absolute atomic E-state index is 0.179. The van der Waals surface area contributed by atoms with Crippen molar-refractivity contribution in [1.29, 1.82) is 0 Å². The number of alkyl halides is 3. The van der Waals surface area contributed by atoms with Gasteiger partial charge in [-0.15, -0.1) is 13.2 Å². The van der Waals surface area contributed by atoms with Crippen LogP contribution >= 0.6 is 0 Å². The van der Waals surface area contributed by atoms with E-state index in [9.17, 15) is 22.4 Å². The van der Waals surface area contributed by atoms with Crippen LogP contribution in [0.3, 0.4) is 0 Å². The molecule has 0 saturated carbocycles. The molecule has 26 heavy (non-hydrogen) atoms. The molecule has 3 aromatic rings. The van der Waals surface area contributed by atoms with Gasteiger partial charge in [0.05, 0.1) is 6.20 Å². The number of halogens is 4. The Balaban J connectivity index is 1.75. The first-order valence-corrected chi connectivity index (χ1v) is 7.28. The second-order valence-corrected chi connectivity index (χ2v) is 5.21. The summed E-state index contributed by atoms with van der Waals surface area (Å²) < 4.78 is 54.1. The molecule has 0 radical (unpaired) electrons. The second-order valence-electron chi connectivity index (χ2n) is 5.21. The summed E-state index contributed by atoms with van der Waals surface area (Å²) in [4.78, 5) is 12.3.